The third kappa shape index (κ3) is 14.9. The zero-order valence-electron chi connectivity index (χ0n) is 41.8. The van der Waals surface area contributed by atoms with E-state index < -0.39 is 35.3 Å². The van der Waals surface area contributed by atoms with E-state index in [4.69, 9.17) is 6.42 Å². The Kier molecular flexibility index (Phi) is 17.8. The molecule has 2 N–H and O–H groups in total. The molecule has 21 heteroatoms. The summed E-state index contributed by atoms with van der Waals surface area (Å²) in [6, 6.07) is 22.3. The topological polar surface area (TPSA) is 132 Å². The molecule has 0 saturated carbocycles. The molecule has 6 aromatic heterocycles. The van der Waals surface area contributed by atoms with Crippen molar-refractivity contribution in [1.29, 1.82) is 0 Å². The number of alkyl halides is 6. The van der Waals surface area contributed by atoms with Crippen molar-refractivity contribution in [1.82, 2.24) is 48.3 Å². The monoisotopic (exact) mass is 1120 g/mol. The molecule has 2 aromatic carbocycles. The van der Waals surface area contributed by atoms with Crippen LogP contribution in [0.25, 0.3) is 11.3 Å². The lowest BCUT2D eigenvalue weighted by molar-refractivity contribution is -0.139. The van der Waals surface area contributed by atoms with Crippen molar-refractivity contribution in [3.05, 3.63) is 189 Å². The fraction of sp³-hybridized carbons (Fsp3) is 0.250. The molecule has 0 atom stereocenters. The average Bonchev–Trinajstić information content (AvgIpc) is 4.03. The number of carbonyl (C=O) groups excluding carboxylic acids is 2. The highest BCUT2D eigenvalue weighted by molar-refractivity contribution is 9.10. The van der Waals surface area contributed by atoms with Gasteiger partial charge in [0.25, 0.3) is 11.8 Å². The van der Waals surface area contributed by atoms with Crippen molar-refractivity contribution in [2.75, 3.05) is 77.1 Å². The van der Waals surface area contributed by atoms with Crippen LogP contribution in [0.15, 0.2) is 139 Å². The zero-order chi connectivity index (χ0) is 54.7. The predicted octanol–water partition coefficient (Wildman–Crippen LogP) is 9.33. The highest BCUT2D eigenvalue weighted by atomic mass is 79.9. The maximum absolute atomic E-state index is 13.9. The summed E-state index contributed by atoms with van der Waals surface area (Å²) in [5.41, 5.74) is 2.67. The van der Waals surface area contributed by atoms with Gasteiger partial charge in [-0.05, 0) is 108 Å². The maximum atomic E-state index is 13.9. The van der Waals surface area contributed by atoms with Crippen molar-refractivity contribution < 1.29 is 35.9 Å². The van der Waals surface area contributed by atoms with E-state index in [1.165, 1.54) is 55.1 Å². The molecule has 77 heavy (non-hydrogen) atoms. The van der Waals surface area contributed by atoms with Crippen LogP contribution in [-0.4, -0.2) is 127 Å². The smallest absolute Gasteiger partial charge is 0.322 e. The molecule has 2 saturated heterocycles. The second-order valence-corrected chi connectivity index (χ2v) is 19.0. The Morgan fingerprint density at radius 1 is 0.584 bits per heavy atom. The molecule has 2 aliphatic heterocycles. The maximum Gasteiger partial charge on any atom is 0.416 e. The molecule has 0 spiro atoms. The summed E-state index contributed by atoms with van der Waals surface area (Å²) >= 11 is 3.37. The van der Waals surface area contributed by atoms with Crippen molar-refractivity contribution in [2.45, 2.75) is 25.4 Å². The third-order valence-corrected chi connectivity index (χ3v) is 13.2. The summed E-state index contributed by atoms with van der Waals surface area (Å²) in [6.07, 6.45) is 9.07. The molecule has 8 aromatic rings. The minimum Gasteiger partial charge on any atom is -0.322 e. The molecule has 2 amide bonds. The normalized spacial score (nSPS) is 14.5. The number of piperazine rings is 2. The molecule has 0 radical (unpaired) electrons. The molecule has 14 nitrogen and oxygen atoms in total. The Labute approximate surface area is 448 Å². The predicted molar refractivity (Wildman–Crippen MR) is 285 cm³/mol. The molecule has 8 heterocycles. The number of halogens is 7. The number of anilines is 2. The van der Waals surface area contributed by atoms with Gasteiger partial charge < -0.3 is 20.4 Å². The number of aromatic nitrogens is 6. The van der Waals surface area contributed by atoms with E-state index in [1.54, 1.807) is 18.5 Å². The Morgan fingerprint density at radius 3 is 1.55 bits per heavy atom. The first-order valence-corrected chi connectivity index (χ1v) is 24.9. The Balaban J connectivity index is 0.000000176. The Bertz CT molecular complexity index is 3470. The Morgan fingerprint density at radius 2 is 1.05 bits per heavy atom. The van der Waals surface area contributed by atoms with Gasteiger partial charge in [0.15, 0.2) is 0 Å². The number of hydrogen-bond donors (Lipinski definition) is 2. The van der Waals surface area contributed by atoms with Gasteiger partial charge in [0.2, 0.25) is 0 Å². The summed E-state index contributed by atoms with van der Waals surface area (Å²) in [6.45, 7) is 6.51. The lowest BCUT2D eigenvalue weighted by Crippen LogP contribution is -2.44. The number of likely N-dealkylation sites (N-methyl/N-ethyl adjacent to an activating group) is 2. The van der Waals surface area contributed by atoms with Crippen LogP contribution >= 0.6 is 15.9 Å². The van der Waals surface area contributed by atoms with Crippen LogP contribution in [0.2, 0.25) is 0 Å². The first-order valence-electron chi connectivity index (χ1n) is 24.1. The molecular weight excluding hydrogens is 1070 g/mol. The molecule has 2 fully saturated rings. The van der Waals surface area contributed by atoms with Gasteiger partial charge in [0.05, 0.1) is 34.6 Å². The second kappa shape index (κ2) is 24.8. The van der Waals surface area contributed by atoms with Crippen molar-refractivity contribution in [3.63, 3.8) is 0 Å². The molecule has 0 unspecified atom stereocenters. The lowest BCUT2D eigenvalue weighted by Gasteiger charge is -2.33. The molecule has 0 bridgehead atoms. The fourth-order valence-corrected chi connectivity index (χ4v) is 8.75. The van der Waals surface area contributed by atoms with Crippen LogP contribution in [-0.2, 0) is 25.4 Å². The van der Waals surface area contributed by atoms with E-state index in [0.717, 1.165) is 54.2 Å². The average molecular weight is 1120 g/mol. The van der Waals surface area contributed by atoms with Gasteiger partial charge in [-0.25, -0.2) is 9.97 Å². The number of imidazole rings is 2. The molecule has 396 valence electrons. The minimum absolute atomic E-state index is 0.0617. The van der Waals surface area contributed by atoms with Crippen LogP contribution < -0.4 is 10.6 Å². The van der Waals surface area contributed by atoms with E-state index in [0.29, 0.717) is 43.0 Å². The number of amides is 2. The van der Waals surface area contributed by atoms with Gasteiger partial charge in [0, 0.05) is 125 Å². The van der Waals surface area contributed by atoms with Gasteiger partial charge in [-0.2, -0.15) is 26.3 Å². The van der Waals surface area contributed by atoms with E-state index in [1.807, 2.05) is 81.5 Å². The summed E-state index contributed by atoms with van der Waals surface area (Å²) < 4.78 is 87.4. The fourth-order valence-electron chi connectivity index (χ4n) is 8.35. The number of nitrogens with zero attached hydrogens (tertiary/aromatic N) is 10. The summed E-state index contributed by atoms with van der Waals surface area (Å²) in [7, 11) is 3.99. The summed E-state index contributed by atoms with van der Waals surface area (Å²) in [5, 5.41) is 5.06. The highest BCUT2D eigenvalue weighted by Gasteiger charge is 2.36. The number of terminal acetylenes is 1. The summed E-state index contributed by atoms with van der Waals surface area (Å²) in [5.74, 6) is 7.20. The van der Waals surface area contributed by atoms with Gasteiger partial charge >= 0.3 is 12.4 Å². The summed E-state index contributed by atoms with van der Waals surface area (Å²) in [4.78, 5) is 49.9. The van der Waals surface area contributed by atoms with Gasteiger partial charge in [-0.1, -0.05) is 36.1 Å². The molecule has 10 rings (SSSR count). The van der Waals surface area contributed by atoms with Gasteiger partial charge in [0.1, 0.15) is 21.6 Å². The van der Waals surface area contributed by atoms with Crippen LogP contribution in [0.1, 0.15) is 59.8 Å². The van der Waals surface area contributed by atoms with E-state index in [9.17, 15) is 35.9 Å². The van der Waals surface area contributed by atoms with Crippen LogP contribution in [0, 0.1) is 24.2 Å². The van der Waals surface area contributed by atoms with Crippen molar-refractivity contribution in [2.24, 2.45) is 0 Å². The van der Waals surface area contributed by atoms with Gasteiger partial charge in [-0.3, -0.25) is 38.2 Å². The molecule has 0 aliphatic carbocycles. The standard InChI is InChI=1S/C28H25F3N6O.C21H21F3N4O.C7H5BrN2/c1-35-10-12-36(13-11-35)19-21-6-7-23(15-25(21)28(29,30)31)34-27(38)22-14-20(16-32-17-22)5-8-24-18-33-26-4-2-3-9-37(24)26;1-3-15-10-17(13-25-12-15)20(29)26-18-5-4-16(19(11-18)21(22,23)24)14-28-8-6-27(2)7-9-28;8-6-5-9-7-3-1-2-4-10(6)7/h2-4,6-7,9,14-18H,10-13,19H2,1H3,(H,34,38);1,4-5,10-13H,6-9,14H2,2H3,(H,26,29);1-5H. The zero-order valence-corrected chi connectivity index (χ0v) is 43.4. The van der Waals surface area contributed by atoms with Crippen LogP contribution in [0.3, 0.4) is 0 Å². The molecular formula is C56H51BrF6N12O2. The number of carbonyl (C=O) groups is 2. The van der Waals surface area contributed by atoms with Gasteiger partial charge in [-0.15, -0.1) is 6.42 Å². The van der Waals surface area contributed by atoms with E-state index in [2.05, 4.69) is 74.1 Å². The first-order chi connectivity index (χ1) is 36.9. The quantitative estimate of drug-likeness (QED) is 0.112. The Hall–Kier alpha value is -7.92. The number of fused-ring (bicyclic) bond motifs is 2. The number of rotatable bonds is 8. The third-order valence-electron chi connectivity index (χ3n) is 12.6. The van der Waals surface area contributed by atoms with Crippen molar-refractivity contribution in [3.8, 4) is 24.2 Å². The molecule has 2 aliphatic rings. The first kappa shape index (κ1) is 55.3. The minimum atomic E-state index is -4.54. The van der Waals surface area contributed by atoms with E-state index in [-0.39, 0.29) is 46.7 Å². The number of hydrogen-bond acceptors (Lipinski definition) is 10. The van der Waals surface area contributed by atoms with Crippen LogP contribution in [0.5, 0.6) is 0 Å². The number of nitrogens with one attached hydrogen (secondary N) is 2. The number of pyridine rings is 4. The van der Waals surface area contributed by atoms with Crippen molar-refractivity contribution >= 4 is 50.4 Å². The highest BCUT2D eigenvalue weighted by Crippen LogP contribution is 2.36. The van der Waals surface area contributed by atoms with E-state index >= 15 is 0 Å². The van der Waals surface area contributed by atoms with Crippen LogP contribution in [0.4, 0.5) is 37.7 Å². The SMILES string of the molecule is Brc1cnc2ccccn12.C#Cc1cncc(C(=O)Nc2ccc(CN3CCN(C)CC3)c(C(F)(F)F)c2)c1.CN1CCN(Cc2ccc(NC(=O)c3cncc(C#Cc4cnc5ccccn45)c3)cc2C(F)(F)F)CC1. The largest absolute Gasteiger partial charge is 0.416 e. The second-order valence-electron chi connectivity index (χ2n) is 18.2. The lowest BCUT2D eigenvalue weighted by atomic mass is 10.0. The number of benzene rings is 2.